The van der Waals surface area contributed by atoms with Gasteiger partial charge in [-0.2, -0.15) is 4.98 Å². The molecule has 0 atom stereocenters. The molecule has 3 aromatic heterocycles. The number of benzene rings is 3. The minimum atomic E-state index is 0.463. The summed E-state index contributed by atoms with van der Waals surface area (Å²) in [6.07, 6.45) is 3.88. The van der Waals surface area contributed by atoms with E-state index in [1.807, 2.05) is 36.4 Å². The normalized spacial score (nSPS) is 11.2. The van der Waals surface area contributed by atoms with Gasteiger partial charge in [0, 0.05) is 47.5 Å². The first-order valence-electron chi connectivity index (χ1n) is 13.6. The molecule has 9 heteroatoms. The highest BCUT2D eigenvalue weighted by Gasteiger charge is 2.23. The lowest BCUT2D eigenvalue weighted by Gasteiger charge is -2.14. The number of methoxy groups -OCH3 is 4. The Labute approximate surface area is 243 Å². The van der Waals surface area contributed by atoms with Crippen LogP contribution in [0.25, 0.3) is 44.5 Å². The molecule has 214 valence electrons. The number of nitrogens with zero attached hydrogens (tertiary/aromatic N) is 3. The lowest BCUT2D eigenvalue weighted by atomic mass is 9.98. The molecule has 3 aromatic carbocycles. The third kappa shape index (κ3) is 4.83. The molecule has 6 aromatic rings. The number of anilines is 1. The zero-order valence-corrected chi connectivity index (χ0v) is 24.2. The van der Waals surface area contributed by atoms with Gasteiger partial charge in [0.25, 0.3) is 0 Å². The van der Waals surface area contributed by atoms with Crippen molar-refractivity contribution in [2.24, 2.45) is 0 Å². The lowest BCUT2D eigenvalue weighted by molar-refractivity contribution is 0.324. The Morgan fingerprint density at radius 2 is 1.60 bits per heavy atom. The Kier molecular flexibility index (Phi) is 7.31. The minimum absolute atomic E-state index is 0.463. The number of fused-ring (bicyclic) bond motifs is 2. The van der Waals surface area contributed by atoms with Gasteiger partial charge in [-0.05, 0) is 66.6 Å². The van der Waals surface area contributed by atoms with Crippen molar-refractivity contribution in [3.63, 3.8) is 0 Å². The van der Waals surface area contributed by atoms with Crippen molar-refractivity contribution >= 4 is 28.0 Å². The number of ether oxygens (including phenoxy) is 4. The highest BCUT2D eigenvalue weighted by Crippen LogP contribution is 2.46. The van der Waals surface area contributed by atoms with Gasteiger partial charge in [0.15, 0.2) is 11.5 Å². The van der Waals surface area contributed by atoms with Crippen LogP contribution in [0.5, 0.6) is 23.0 Å². The Bertz CT molecular complexity index is 1850. The summed E-state index contributed by atoms with van der Waals surface area (Å²) >= 11 is 0. The van der Waals surface area contributed by atoms with Crippen molar-refractivity contribution in [3.8, 4) is 45.4 Å². The standard InChI is InChI=1S/C33H32N4O5/c1-6-37-14-13-21-15-22(9-12-26(21)37)30-29(23-16-27(39-3)31(41-5)28(17-23)40-4)25-19-35-33(36-32(25)42-30)34-18-20-7-10-24(38-2)11-8-20/h7-17,19H,6,18H2,1-5H3,(H,34,35,36). The summed E-state index contributed by atoms with van der Waals surface area (Å²) in [5, 5.41) is 5.19. The van der Waals surface area contributed by atoms with Crippen LogP contribution in [0.15, 0.2) is 77.5 Å². The van der Waals surface area contributed by atoms with Crippen molar-refractivity contribution in [2.45, 2.75) is 20.0 Å². The zero-order chi connectivity index (χ0) is 29.2. The molecular formula is C33H32N4O5. The van der Waals surface area contributed by atoms with Gasteiger partial charge >= 0.3 is 0 Å². The second-order valence-electron chi connectivity index (χ2n) is 9.71. The molecule has 0 fully saturated rings. The molecule has 0 radical (unpaired) electrons. The number of hydrogen-bond acceptors (Lipinski definition) is 8. The highest BCUT2D eigenvalue weighted by atomic mass is 16.5. The molecule has 0 saturated heterocycles. The number of aryl methyl sites for hydroxylation is 1. The van der Waals surface area contributed by atoms with Crippen LogP contribution in [0.4, 0.5) is 5.95 Å². The fourth-order valence-corrected chi connectivity index (χ4v) is 5.23. The van der Waals surface area contributed by atoms with Crippen molar-refractivity contribution in [2.75, 3.05) is 33.8 Å². The van der Waals surface area contributed by atoms with Gasteiger partial charge in [-0.1, -0.05) is 12.1 Å². The maximum Gasteiger partial charge on any atom is 0.232 e. The largest absolute Gasteiger partial charge is 0.497 e. The van der Waals surface area contributed by atoms with Crippen molar-refractivity contribution in [1.82, 2.24) is 14.5 Å². The molecule has 6 rings (SSSR count). The Morgan fingerprint density at radius 3 is 2.26 bits per heavy atom. The van der Waals surface area contributed by atoms with Crippen LogP contribution in [0.1, 0.15) is 12.5 Å². The minimum Gasteiger partial charge on any atom is -0.497 e. The van der Waals surface area contributed by atoms with E-state index >= 15 is 0 Å². The summed E-state index contributed by atoms with van der Waals surface area (Å²) in [7, 11) is 6.45. The predicted octanol–water partition coefficient (Wildman–Crippen LogP) is 7.18. The molecule has 1 N–H and O–H groups in total. The van der Waals surface area contributed by atoms with E-state index in [-0.39, 0.29) is 0 Å². The van der Waals surface area contributed by atoms with E-state index in [2.05, 4.69) is 52.3 Å². The molecule has 0 aliphatic rings. The fourth-order valence-electron chi connectivity index (χ4n) is 5.23. The van der Waals surface area contributed by atoms with Gasteiger partial charge in [-0.25, -0.2) is 4.98 Å². The van der Waals surface area contributed by atoms with E-state index in [9.17, 15) is 0 Å². The van der Waals surface area contributed by atoms with Crippen molar-refractivity contribution < 1.29 is 23.4 Å². The molecule has 0 aliphatic carbocycles. The van der Waals surface area contributed by atoms with E-state index in [4.69, 9.17) is 28.3 Å². The third-order valence-electron chi connectivity index (χ3n) is 7.39. The second kappa shape index (κ2) is 11.4. The van der Waals surface area contributed by atoms with E-state index < -0.39 is 0 Å². The SMILES string of the molecule is CCn1ccc2cc(-c3oc4nc(NCc5ccc(OC)cc5)ncc4c3-c3cc(OC)c(OC)c(OC)c3)ccc21. The average Bonchev–Trinajstić information content (AvgIpc) is 3.63. The van der Waals surface area contributed by atoms with Gasteiger partial charge in [0.05, 0.1) is 33.8 Å². The Morgan fingerprint density at radius 1 is 0.833 bits per heavy atom. The number of hydrogen-bond donors (Lipinski definition) is 1. The van der Waals surface area contributed by atoms with Crippen LogP contribution < -0.4 is 24.3 Å². The second-order valence-corrected chi connectivity index (χ2v) is 9.71. The predicted molar refractivity (Wildman–Crippen MR) is 164 cm³/mol. The first-order chi connectivity index (χ1) is 20.6. The van der Waals surface area contributed by atoms with Gasteiger partial charge in [0.2, 0.25) is 17.4 Å². The smallest absolute Gasteiger partial charge is 0.232 e. The first kappa shape index (κ1) is 27.0. The van der Waals surface area contributed by atoms with E-state index in [0.717, 1.165) is 50.8 Å². The number of furan rings is 1. The van der Waals surface area contributed by atoms with Gasteiger partial charge in [-0.15, -0.1) is 0 Å². The monoisotopic (exact) mass is 564 g/mol. The molecule has 0 unspecified atom stereocenters. The number of rotatable bonds is 10. The number of aromatic nitrogens is 3. The van der Waals surface area contributed by atoms with Crippen molar-refractivity contribution in [1.29, 1.82) is 0 Å². The summed E-state index contributed by atoms with van der Waals surface area (Å²) in [5.74, 6) is 3.55. The number of nitrogens with one attached hydrogen (secondary N) is 1. The summed E-state index contributed by atoms with van der Waals surface area (Å²) < 4.78 is 30.9. The van der Waals surface area contributed by atoms with Gasteiger partial charge in [-0.3, -0.25) is 0 Å². The average molecular weight is 565 g/mol. The fraction of sp³-hybridized carbons (Fsp3) is 0.212. The maximum atomic E-state index is 6.52. The third-order valence-corrected chi connectivity index (χ3v) is 7.39. The molecule has 9 nitrogen and oxygen atoms in total. The maximum absolute atomic E-state index is 6.52. The van der Waals surface area contributed by atoms with E-state index in [1.165, 1.54) is 0 Å². The molecule has 0 saturated carbocycles. The van der Waals surface area contributed by atoms with Crippen LogP contribution >= 0.6 is 0 Å². The Balaban J connectivity index is 1.48. The first-order valence-corrected chi connectivity index (χ1v) is 13.6. The van der Waals surface area contributed by atoms with Gasteiger partial charge < -0.3 is 33.2 Å². The van der Waals surface area contributed by atoms with E-state index in [1.54, 1.807) is 34.6 Å². The molecule has 3 heterocycles. The van der Waals surface area contributed by atoms with Crippen LogP contribution in [0, 0.1) is 0 Å². The Hall–Kier alpha value is -5.18. The quantitative estimate of drug-likeness (QED) is 0.187. The van der Waals surface area contributed by atoms with E-state index in [0.29, 0.717) is 41.2 Å². The van der Waals surface area contributed by atoms with Crippen LogP contribution in [-0.4, -0.2) is 43.0 Å². The summed E-state index contributed by atoms with van der Waals surface area (Å²) in [6, 6.07) is 20.1. The highest BCUT2D eigenvalue weighted by molar-refractivity contribution is 6.02. The molecule has 0 aliphatic heterocycles. The summed E-state index contributed by atoms with van der Waals surface area (Å²) in [6.45, 7) is 3.58. The van der Waals surface area contributed by atoms with Crippen LogP contribution in [-0.2, 0) is 13.1 Å². The zero-order valence-electron chi connectivity index (χ0n) is 24.2. The summed E-state index contributed by atoms with van der Waals surface area (Å²) in [4.78, 5) is 9.38. The molecule has 0 spiro atoms. The molecular weight excluding hydrogens is 532 g/mol. The van der Waals surface area contributed by atoms with Crippen molar-refractivity contribution in [3.05, 3.63) is 78.6 Å². The topological polar surface area (TPSA) is 92.8 Å². The van der Waals surface area contributed by atoms with Gasteiger partial charge in [0.1, 0.15) is 11.5 Å². The lowest BCUT2D eigenvalue weighted by Crippen LogP contribution is -2.03. The molecule has 42 heavy (non-hydrogen) atoms. The molecule has 0 amide bonds. The van der Waals surface area contributed by atoms with Crippen LogP contribution in [0.2, 0.25) is 0 Å². The molecule has 0 bridgehead atoms. The summed E-state index contributed by atoms with van der Waals surface area (Å²) in [5.41, 5.74) is 5.28. The van der Waals surface area contributed by atoms with Crippen LogP contribution in [0.3, 0.4) is 0 Å².